The Morgan fingerprint density at radius 3 is 2.55 bits per heavy atom. The van der Waals surface area contributed by atoms with Crippen LogP contribution in [0.1, 0.15) is 31.4 Å². The minimum Gasteiger partial charge on any atom is -0.478 e. The van der Waals surface area contributed by atoms with Crippen molar-refractivity contribution in [3.63, 3.8) is 0 Å². The van der Waals surface area contributed by atoms with Gasteiger partial charge in [0.15, 0.2) is 23.1 Å². The Kier molecular flexibility index (Phi) is 9.97. The number of carbonyl (C=O) groups is 3. The van der Waals surface area contributed by atoms with Crippen molar-refractivity contribution in [3.8, 4) is 5.88 Å². The van der Waals surface area contributed by atoms with Gasteiger partial charge in [-0.25, -0.2) is 22.9 Å². The van der Waals surface area contributed by atoms with E-state index >= 15 is 0 Å². The summed E-state index contributed by atoms with van der Waals surface area (Å²) in [6, 6.07) is 3.45. The Labute approximate surface area is 221 Å². The molecule has 4 N–H and O–H groups in total. The van der Waals surface area contributed by atoms with Crippen LogP contribution in [0.2, 0.25) is 0 Å². The molecule has 1 aromatic carbocycles. The third kappa shape index (κ3) is 7.60. The number of aliphatic carboxylic acids is 1. The van der Waals surface area contributed by atoms with E-state index in [-0.39, 0.29) is 36.7 Å². The van der Waals surface area contributed by atoms with Crippen molar-refractivity contribution >= 4 is 29.5 Å². The van der Waals surface area contributed by atoms with Crippen LogP contribution >= 0.6 is 11.8 Å². The predicted molar refractivity (Wildman–Crippen MR) is 134 cm³/mol. The van der Waals surface area contributed by atoms with Gasteiger partial charge in [-0.15, -0.1) is 11.8 Å². The molecule has 38 heavy (non-hydrogen) atoms. The van der Waals surface area contributed by atoms with Gasteiger partial charge in [0.2, 0.25) is 11.8 Å². The number of rotatable bonds is 11. The fraction of sp³-hybridized carbons (Fsp3) is 0.440. The summed E-state index contributed by atoms with van der Waals surface area (Å²) >= 11 is 1.28. The van der Waals surface area contributed by atoms with Gasteiger partial charge < -0.3 is 25.8 Å². The first-order valence-electron chi connectivity index (χ1n) is 11.9. The van der Waals surface area contributed by atoms with Gasteiger partial charge in [-0.1, -0.05) is 19.9 Å². The zero-order valence-corrected chi connectivity index (χ0v) is 21.6. The molecule has 0 aliphatic carbocycles. The fourth-order valence-electron chi connectivity index (χ4n) is 3.82. The highest BCUT2D eigenvalue weighted by atomic mass is 32.2. The van der Waals surface area contributed by atoms with Crippen LogP contribution in [-0.4, -0.2) is 62.6 Å². The van der Waals surface area contributed by atoms with E-state index in [9.17, 15) is 32.7 Å². The Morgan fingerprint density at radius 2 is 1.92 bits per heavy atom. The number of hydrogen-bond acceptors (Lipinski definition) is 7. The van der Waals surface area contributed by atoms with E-state index in [0.717, 1.165) is 6.07 Å². The van der Waals surface area contributed by atoms with E-state index in [4.69, 9.17) is 10.5 Å². The van der Waals surface area contributed by atoms with Gasteiger partial charge in [0, 0.05) is 55.6 Å². The van der Waals surface area contributed by atoms with E-state index in [1.165, 1.54) is 28.9 Å². The zero-order valence-electron chi connectivity index (χ0n) is 20.8. The second-order valence-corrected chi connectivity index (χ2v) is 10.4. The van der Waals surface area contributed by atoms with E-state index in [1.807, 2.05) is 0 Å². The summed E-state index contributed by atoms with van der Waals surface area (Å²) in [5, 5.41) is 11.2. The summed E-state index contributed by atoms with van der Waals surface area (Å²) in [4.78, 5) is 42.4. The van der Waals surface area contributed by atoms with Gasteiger partial charge in [0.05, 0.1) is 0 Å². The number of nitrogens with two attached hydrogens (primary N) is 1. The van der Waals surface area contributed by atoms with Crippen molar-refractivity contribution in [3.05, 3.63) is 59.0 Å². The number of amides is 2. The predicted octanol–water partition coefficient (Wildman–Crippen LogP) is 2.46. The van der Waals surface area contributed by atoms with Gasteiger partial charge >= 0.3 is 5.97 Å². The molecule has 3 rings (SSSR count). The monoisotopic (exact) mass is 554 g/mol. The zero-order chi connectivity index (χ0) is 28.0. The number of halogens is 3. The number of nitrogens with one attached hydrogen (secondary N) is 1. The second kappa shape index (κ2) is 13.0. The normalized spacial score (nSPS) is 16.8. The third-order valence-corrected chi connectivity index (χ3v) is 7.01. The molecule has 2 heterocycles. The average molecular weight is 555 g/mol. The molecule has 3 atom stereocenters. The van der Waals surface area contributed by atoms with Crippen LogP contribution in [0.5, 0.6) is 5.88 Å². The van der Waals surface area contributed by atoms with Crippen LogP contribution in [0.25, 0.3) is 0 Å². The summed E-state index contributed by atoms with van der Waals surface area (Å²) in [7, 11) is 0. The van der Waals surface area contributed by atoms with Crippen LogP contribution < -0.4 is 15.8 Å². The first-order valence-corrected chi connectivity index (χ1v) is 12.9. The molecular formula is C25H29F3N4O5S. The van der Waals surface area contributed by atoms with E-state index in [2.05, 4.69) is 10.3 Å². The summed E-state index contributed by atoms with van der Waals surface area (Å²) in [5.41, 5.74) is 6.48. The molecule has 1 fully saturated rings. The molecule has 0 radical (unpaired) electrons. The van der Waals surface area contributed by atoms with Crippen molar-refractivity contribution in [2.75, 3.05) is 12.3 Å². The van der Waals surface area contributed by atoms with Crippen molar-refractivity contribution in [1.82, 2.24) is 15.2 Å². The minimum atomic E-state index is -1.31. The van der Waals surface area contributed by atoms with Gasteiger partial charge in [0.1, 0.15) is 5.82 Å². The molecule has 3 unspecified atom stereocenters. The highest BCUT2D eigenvalue weighted by Gasteiger charge is 2.35. The first kappa shape index (κ1) is 29.2. The lowest BCUT2D eigenvalue weighted by Gasteiger charge is -2.24. The van der Waals surface area contributed by atoms with Crippen molar-refractivity contribution in [2.45, 2.75) is 50.8 Å². The molecule has 206 valence electrons. The van der Waals surface area contributed by atoms with Crippen LogP contribution in [0.15, 0.2) is 30.5 Å². The second-order valence-electron chi connectivity index (χ2n) is 9.18. The number of pyridine rings is 1. The Hall–Kier alpha value is -3.32. The van der Waals surface area contributed by atoms with Gasteiger partial charge in [-0.2, -0.15) is 0 Å². The molecule has 0 saturated carbocycles. The molecule has 1 aromatic heterocycles. The van der Waals surface area contributed by atoms with E-state index < -0.39 is 52.8 Å². The Morgan fingerprint density at radius 1 is 1.21 bits per heavy atom. The van der Waals surface area contributed by atoms with Gasteiger partial charge in [-0.05, 0) is 23.6 Å². The van der Waals surface area contributed by atoms with Crippen LogP contribution in [0.4, 0.5) is 13.2 Å². The summed E-state index contributed by atoms with van der Waals surface area (Å²) in [5.74, 6) is -4.94. The third-order valence-electron chi connectivity index (χ3n) is 5.80. The first-order chi connectivity index (χ1) is 18.0. The highest BCUT2D eigenvalue weighted by Crippen LogP contribution is 2.25. The van der Waals surface area contributed by atoms with Crippen LogP contribution in [-0.2, 0) is 27.3 Å². The van der Waals surface area contributed by atoms with E-state index in [0.29, 0.717) is 23.9 Å². The quantitative estimate of drug-likeness (QED) is 0.361. The number of nitrogens with zero attached hydrogens (tertiary/aromatic N) is 2. The van der Waals surface area contributed by atoms with Crippen molar-refractivity contribution in [1.29, 1.82) is 0 Å². The topological polar surface area (TPSA) is 135 Å². The van der Waals surface area contributed by atoms with E-state index in [1.54, 1.807) is 19.9 Å². The van der Waals surface area contributed by atoms with Crippen LogP contribution in [0, 0.1) is 23.4 Å². The number of carboxylic acid groups (broad SMARTS) is 1. The molecule has 2 amide bonds. The lowest BCUT2D eigenvalue weighted by Crippen LogP contribution is -2.46. The maximum atomic E-state index is 13.9. The number of carbonyl (C=O) groups excluding carboxylic acids is 2. The average Bonchev–Trinajstić information content (AvgIpc) is 3.35. The van der Waals surface area contributed by atoms with Crippen LogP contribution in [0.3, 0.4) is 0 Å². The lowest BCUT2D eigenvalue weighted by molar-refractivity contribution is -0.147. The van der Waals surface area contributed by atoms with Crippen molar-refractivity contribution in [2.24, 2.45) is 11.7 Å². The van der Waals surface area contributed by atoms with Gasteiger partial charge in [-0.3, -0.25) is 9.59 Å². The molecule has 1 saturated heterocycles. The molecule has 0 spiro atoms. The molecule has 2 aromatic rings. The smallest absolute Gasteiger partial charge is 0.345 e. The molecular weight excluding hydrogens is 525 g/mol. The SMILES string of the molecule is CC(C)C(Oc1ccc(CNC(=O)C2SCCN2C(=O)CC(N)Cc2cc(F)c(F)cc2F)cn1)C(=O)O. The molecule has 1 aliphatic heterocycles. The summed E-state index contributed by atoms with van der Waals surface area (Å²) < 4.78 is 45.9. The largest absolute Gasteiger partial charge is 0.478 e. The fourth-order valence-corrected chi connectivity index (χ4v) is 4.99. The van der Waals surface area contributed by atoms with Gasteiger partial charge in [0.25, 0.3) is 5.91 Å². The molecule has 0 bridgehead atoms. The summed E-state index contributed by atoms with van der Waals surface area (Å²) in [6.07, 6.45) is 0.0293. The maximum absolute atomic E-state index is 13.9. The number of ether oxygens (including phenoxy) is 1. The summed E-state index contributed by atoms with van der Waals surface area (Å²) in [6.45, 7) is 3.88. The number of carboxylic acids is 1. The highest BCUT2D eigenvalue weighted by molar-refractivity contribution is 8.00. The minimum absolute atomic E-state index is 0.118. The number of hydrogen-bond donors (Lipinski definition) is 3. The standard InChI is InChI=1S/C25H29F3N4O5S/c1-13(2)22(25(35)36)37-20-4-3-14(11-30-20)12-31-23(34)24-32(5-6-38-24)21(33)9-16(29)7-15-8-18(27)19(28)10-17(15)26/h3-4,8,10-11,13,16,22,24H,5-7,9,12,29H2,1-2H3,(H,31,34)(H,35,36). The Bertz CT molecular complexity index is 1170. The molecule has 1 aliphatic rings. The lowest BCUT2D eigenvalue weighted by atomic mass is 10.0. The number of aromatic nitrogens is 1. The maximum Gasteiger partial charge on any atom is 0.345 e. The molecule has 13 heteroatoms. The Balaban J connectivity index is 1.52. The van der Waals surface area contributed by atoms with Crippen molar-refractivity contribution < 1.29 is 37.4 Å². The number of benzene rings is 1. The number of thioether (sulfide) groups is 1. The molecule has 9 nitrogen and oxygen atoms in total.